The second kappa shape index (κ2) is 7.80. The molecule has 2 atom stereocenters. The highest BCUT2D eigenvalue weighted by atomic mass is 15.1. The van der Waals surface area contributed by atoms with Crippen LogP contribution in [0.2, 0.25) is 0 Å². The molecule has 1 aliphatic heterocycles. The molecule has 1 N–H and O–H groups in total. The van der Waals surface area contributed by atoms with Gasteiger partial charge in [-0.25, -0.2) is 0 Å². The fourth-order valence-electron chi connectivity index (χ4n) is 3.38. The van der Waals surface area contributed by atoms with E-state index < -0.39 is 0 Å². The summed E-state index contributed by atoms with van der Waals surface area (Å²) in [4.78, 5) is 2.63. The predicted octanol–water partition coefficient (Wildman–Crippen LogP) is 3.91. The van der Waals surface area contributed by atoms with Gasteiger partial charge in [0, 0.05) is 12.1 Å². The maximum atomic E-state index is 3.85. The van der Waals surface area contributed by atoms with Gasteiger partial charge in [0.2, 0.25) is 0 Å². The summed E-state index contributed by atoms with van der Waals surface area (Å²) >= 11 is 0. The Hall–Kier alpha value is -0.860. The first kappa shape index (κ1) is 15.5. The highest BCUT2D eigenvalue weighted by Crippen LogP contribution is 2.20. The van der Waals surface area contributed by atoms with E-state index in [0.29, 0.717) is 12.1 Å². The molecule has 2 rings (SSSR count). The highest BCUT2D eigenvalue weighted by Gasteiger charge is 2.18. The van der Waals surface area contributed by atoms with Gasteiger partial charge in [-0.15, -0.1) is 0 Å². The van der Waals surface area contributed by atoms with Crippen molar-refractivity contribution in [2.24, 2.45) is 0 Å². The molecule has 0 saturated carbocycles. The van der Waals surface area contributed by atoms with E-state index in [4.69, 9.17) is 0 Å². The molecule has 1 aromatic rings. The zero-order valence-electron chi connectivity index (χ0n) is 13.4. The van der Waals surface area contributed by atoms with E-state index in [-0.39, 0.29) is 0 Å². The second-order valence-corrected chi connectivity index (χ2v) is 6.21. The maximum absolute atomic E-state index is 3.85. The molecule has 0 amide bonds. The van der Waals surface area contributed by atoms with E-state index in [1.807, 2.05) is 0 Å². The van der Waals surface area contributed by atoms with Gasteiger partial charge in [-0.3, -0.25) is 0 Å². The first-order valence-corrected chi connectivity index (χ1v) is 8.24. The van der Waals surface area contributed by atoms with Gasteiger partial charge in [0.05, 0.1) is 0 Å². The maximum Gasteiger partial charge on any atom is 0.0296 e. The van der Waals surface area contributed by atoms with E-state index in [1.165, 1.54) is 56.4 Å². The summed E-state index contributed by atoms with van der Waals surface area (Å²) in [6.45, 7) is 10.6. The zero-order valence-corrected chi connectivity index (χ0v) is 13.4. The van der Waals surface area contributed by atoms with Gasteiger partial charge in [-0.1, -0.05) is 31.2 Å². The van der Waals surface area contributed by atoms with Crippen LogP contribution in [0.25, 0.3) is 0 Å². The lowest BCUT2D eigenvalue weighted by atomic mass is 10.0. The van der Waals surface area contributed by atoms with Crippen LogP contribution in [0, 0.1) is 6.92 Å². The van der Waals surface area contributed by atoms with E-state index in [2.05, 4.69) is 55.3 Å². The SMILES string of the molecule is CCCN1CCCC(N[C@H](C)c2ccccc2C)CC1. The molecule has 0 aliphatic carbocycles. The molecular formula is C18H30N2. The van der Waals surface area contributed by atoms with E-state index in [9.17, 15) is 0 Å². The van der Waals surface area contributed by atoms with Gasteiger partial charge in [0.1, 0.15) is 0 Å². The Labute approximate surface area is 124 Å². The third-order valence-corrected chi connectivity index (χ3v) is 4.50. The number of rotatable bonds is 5. The molecule has 1 fully saturated rings. The average molecular weight is 274 g/mol. The summed E-state index contributed by atoms with van der Waals surface area (Å²) in [7, 11) is 0. The van der Waals surface area contributed by atoms with Crippen LogP contribution in [-0.4, -0.2) is 30.6 Å². The normalized spacial score (nSPS) is 22.4. The van der Waals surface area contributed by atoms with Crippen LogP contribution in [0.15, 0.2) is 24.3 Å². The lowest BCUT2D eigenvalue weighted by Crippen LogP contribution is -2.33. The zero-order chi connectivity index (χ0) is 14.4. The molecule has 1 aliphatic rings. The van der Waals surface area contributed by atoms with Crippen LogP contribution in [-0.2, 0) is 0 Å². The molecule has 0 aromatic heterocycles. The minimum atomic E-state index is 0.457. The Morgan fingerprint density at radius 1 is 1.25 bits per heavy atom. The molecule has 1 aromatic carbocycles. The quantitative estimate of drug-likeness (QED) is 0.875. The Balaban J connectivity index is 1.88. The molecule has 0 bridgehead atoms. The van der Waals surface area contributed by atoms with Crippen molar-refractivity contribution in [1.29, 1.82) is 0 Å². The van der Waals surface area contributed by atoms with Crippen LogP contribution in [0.1, 0.15) is 56.7 Å². The van der Waals surface area contributed by atoms with E-state index in [0.717, 1.165) is 0 Å². The fourth-order valence-corrected chi connectivity index (χ4v) is 3.38. The number of hydrogen-bond donors (Lipinski definition) is 1. The summed E-state index contributed by atoms with van der Waals surface area (Å²) < 4.78 is 0. The smallest absolute Gasteiger partial charge is 0.0296 e. The number of likely N-dealkylation sites (tertiary alicyclic amines) is 1. The molecule has 20 heavy (non-hydrogen) atoms. The molecule has 2 nitrogen and oxygen atoms in total. The van der Waals surface area contributed by atoms with Crippen molar-refractivity contribution in [3.05, 3.63) is 35.4 Å². The van der Waals surface area contributed by atoms with Crippen LogP contribution in [0.5, 0.6) is 0 Å². The highest BCUT2D eigenvalue weighted by molar-refractivity contribution is 5.28. The van der Waals surface area contributed by atoms with Gasteiger partial charge in [0.25, 0.3) is 0 Å². The van der Waals surface area contributed by atoms with Crippen LogP contribution < -0.4 is 5.32 Å². The molecule has 1 saturated heterocycles. The van der Waals surface area contributed by atoms with Crippen molar-refractivity contribution in [1.82, 2.24) is 10.2 Å². The molecular weight excluding hydrogens is 244 g/mol. The Bertz CT molecular complexity index is 402. The number of nitrogens with one attached hydrogen (secondary N) is 1. The summed E-state index contributed by atoms with van der Waals surface area (Å²) in [5, 5.41) is 3.85. The summed E-state index contributed by atoms with van der Waals surface area (Å²) in [5.41, 5.74) is 2.84. The number of benzene rings is 1. The van der Waals surface area contributed by atoms with Crippen LogP contribution in [0.3, 0.4) is 0 Å². The van der Waals surface area contributed by atoms with E-state index >= 15 is 0 Å². The van der Waals surface area contributed by atoms with Crippen LogP contribution in [0.4, 0.5) is 0 Å². The van der Waals surface area contributed by atoms with Crippen molar-refractivity contribution in [3.63, 3.8) is 0 Å². The Morgan fingerprint density at radius 2 is 2.05 bits per heavy atom. The molecule has 1 heterocycles. The summed E-state index contributed by atoms with van der Waals surface area (Å²) in [6.07, 6.45) is 5.21. The fraction of sp³-hybridized carbons (Fsp3) is 0.667. The Morgan fingerprint density at radius 3 is 2.80 bits per heavy atom. The topological polar surface area (TPSA) is 15.3 Å². The first-order chi connectivity index (χ1) is 9.70. The van der Waals surface area contributed by atoms with Gasteiger partial charge in [-0.05, 0) is 70.3 Å². The molecule has 0 radical (unpaired) electrons. The summed E-state index contributed by atoms with van der Waals surface area (Å²) in [5.74, 6) is 0. The minimum absolute atomic E-state index is 0.457. The van der Waals surface area contributed by atoms with Crippen molar-refractivity contribution in [2.75, 3.05) is 19.6 Å². The minimum Gasteiger partial charge on any atom is -0.307 e. The lowest BCUT2D eigenvalue weighted by Gasteiger charge is -2.24. The average Bonchev–Trinajstić information content (AvgIpc) is 2.65. The van der Waals surface area contributed by atoms with Gasteiger partial charge >= 0.3 is 0 Å². The van der Waals surface area contributed by atoms with Crippen molar-refractivity contribution >= 4 is 0 Å². The lowest BCUT2D eigenvalue weighted by molar-refractivity contribution is 0.281. The van der Waals surface area contributed by atoms with Crippen molar-refractivity contribution < 1.29 is 0 Å². The monoisotopic (exact) mass is 274 g/mol. The molecule has 1 unspecified atom stereocenters. The van der Waals surface area contributed by atoms with Gasteiger partial charge in [0.15, 0.2) is 0 Å². The largest absolute Gasteiger partial charge is 0.307 e. The number of nitrogens with zero attached hydrogens (tertiary/aromatic N) is 1. The Kier molecular flexibility index (Phi) is 6.06. The number of hydrogen-bond acceptors (Lipinski definition) is 2. The standard InChI is InChI=1S/C18H30N2/c1-4-12-20-13-7-9-17(11-14-20)19-16(3)18-10-6-5-8-15(18)2/h5-6,8,10,16-17,19H,4,7,9,11-14H2,1-3H3/t16-,17?/m1/s1. The third kappa shape index (κ3) is 4.32. The third-order valence-electron chi connectivity index (χ3n) is 4.50. The van der Waals surface area contributed by atoms with E-state index in [1.54, 1.807) is 0 Å². The predicted molar refractivity (Wildman–Crippen MR) is 87.1 cm³/mol. The molecule has 2 heteroatoms. The second-order valence-electron chi connectivity index (χ2n) is 6.21. The first-order valence-electron chi connectivity index (χ1n) is 8.24. The van der Waals surface area contributed by atoms with Crippen LogP contribution >= 0.6 is 0 Å². The molecule has 112 valence electrons. The van der Waals surface area contributed by atoms with Crippen molar-refractivity contribution in [2.45, 2.75) is 58.5 Å². The van der Waals surface area contributed by atoms with Gasteiger partial charge < -0.3 is 10.2 Å². The van der Waals surface area contributed by atoms with Crippen molar-refractivity contribution in [3.8, 4) is 0 Å². The van der Waals surface area contributed by atoms with Gasteiger partial charge in [-0.2, -0.15) is 0 Å². The summed E-state index contributed by atoms with van der Waals surface area (Å²) in [6, 6.07) is 9.87. The molecule has 0 spiro atoms. The number of aryl methyl sites for hydroxylation is 1.